The molecule has 4 saturated carbocycles. The van der Waals surface area contributed by atoms with Gasteiger partial charge < -0.3 is 15.2 Å². The first-order valence-corrected chi connectivity index (χ1v) is 17.6. The Morgan fingerprint density at radius 3 is 2.43 bits per heavy atom. The minimum Gasteiger partial charge on any atom is -0.459 e. The number of amides is 1. The number of ether oxygens (including phenoxy) is 1. The molecular weight excluding hydrogens is 554 g/mol. The molecule has 42 heavy (non-hydrogen) atoms. The summed E-state index contributed by atoms with van der Waals surface area (Å²) < 4.78 is 36.7. The van der Waals surface area contributed by atoms with Crippen molar-refractivity contribution in [3.63, 3.8) is 0 Å². The van der Waals surface area contributed by atoms with E-state index in [0.717, 1.165) is 57.8 Å². The normalized spacial score (nSPS) is 38.5. The standard InChI is InChI=1S/C33H49NO7S/c1-21(9-12-29(36)34-17-18-42(38,39)40)25-10-11-26-30-27(14-16-33(25,26)3)32(2)15-13-24(19-23(32)20-28(30)35)41-31(37)22-7-5-4-6-8-22/h4-8,21,23-28,30,35H,9-20H2,1-3H3,(H,34,36)(H,38,39,40)/t21-,23?,24+,25-,26+,27+,28+,30+,32+,33-/m1/s1. The molecule has 5 rings (SSSR count). The van der Waals surface area contributed by atoms with Crippen LogP contribution in [0.25, 0.3) is 0 Å². The molecular formula is C33H49NO7S. The van der Waals surface area contributed by atoms with Crippen LogP contribution in [0.2, 0.25) is 0 Å². The third-order valence-electron chi connectivity index (χ3n) is 12.2. The molecule has 0 saturated heterocycles. The Morgan fingerprint density at radius 2 is 1.71 bits per heavy atom. The van der Waals surface area contributed by atoms with Gasteiger partial charge >= 0.3 is 5.97 Å². The smallest absolute Gasteiger partial charge is 0.338 e. The van der Waals surface area contributed by atoms with E-state index < -0.39 is 15.9 Å². The van der Waals surface area contributed by atoms with Crippen LogP contribution in [0.4, 0.5) is 0 Å². The van der Waals surface area contributed by atoms with Gasteiger partial charge in [-0.1, -0.05) is 39.0 Å². The Labute approximate surface area is 251 Å². The summed E-state index contributed by atoms with van der Waals surface area (Å²) in [4.78, 5) is 25.0. The van der Waals surface area contributed by atoms with Gasteiger partial charge in [0.2, 0.25) is 5.91 Å². The van der Waals surface area contributed by atoms with Crippen molar-refractivity contribution < 1.29 is 32.4 Å². The van der Waals surface area contributed by atoms with E-state index in [-0.39, 0.29) is 47.4 Å². The first-order valence-electron chi connectivity index (χ1n) is 16.0. The molecule has 9 heteroatoms. The van der Waals surface area contributed by atoms with E-state index >= 15 is 0 Å². The largest absolute Gasteiger partial charge is 0.459 e. The van der Waals surface area contributed by atoms with E-state index in [2.05, 4.69) is 26.1 Å². The number of nitrogens with one attached hydrogen (secondary N) is 1. The zero-order chi connectivity index (χ0) is 30.3. The molecule has 0 aliphatic heterocycles. The van der Waals surface area contributed by atoms with Crippen LogP contribution in [0.1, 0.15) is 95.3 Å². The molecule has 4 fully saturated rings. The molecule has 0 heterocycles. The van der Waals surface area contributed by atoms with Gasteiger partial charge in [0, 0.05) is 13.0 Å². The maximum absolute atomic E-state index is 12.7. The summed E-state index contributed by atoms with van der Waals surface area (Å²) in [5.74, 6) is 1.49. The van der Waals surface area contributed by atoms with Gasteiger partial charge in [-0.05, 0) is 116 Å². The van der Waals surface area contributed by atoms with Gasteiger partial charge in [0.1, 0.15) is 6.10 Å². The lowest BCUT2D eigenvalue weighted by molar-refractivity contribution is -0.174. The summed E-state index contributed by atoms with van der Waals surface area (Å²) in [6.07, 6.45) is 8.59. The molecule has 234 valence electrons. The van der Waals surface area contributed by atoms with Crippen molar-refractivity contribution in [1.82, 2.24) is 5.32 Å². The lowest BCUT2D eigenvalue weighted by Crippen LogP contribution is -2.58. The van der Waals surface area contributed by atoms with Gasteiger partial charge in [-0.25, -0.2) is 4.79 Å². The number of aliphatic hydroxyl groups excluding tert-OH is 1. The van der Waals surface area contributed by atoms with Gasteiger partial charge in [-0.15, -0.1) is 0 Å². The van der Waals surface area contributed by atoms with Gasteiger partial charge in [-0.2, -0.15) is 8.42 Å². The average molecular weight is 604 g/mol. The molecule has 0 radical (unpaired) electrons. The summed E-state index contributed by atoms with van der Waals surface area (Å²) in [6, 6.07) is 9.18. The van der Waals surface area contributed by atoms with Crippen molar-refractivity contribution in [2.75, 3.05) is 12.3 Å². The summed E-state index contributed by atoms with van der Waals surface area (Å²) in [5, 5.41) is 14.3. The number of hydrogen-bond acceptors (Lipinski definition) is 6. The first-order chi connectivity index (χ1) is 19.8. The third kappa shape index (κ3) is 6.29. The number of hydrogen-bond donors (Lipinski definition) is 3. The zero-order valence-electron chi connectivity index (χ0n) is 25.3. The molecule has 4 aliphatic carbocycles. The van der Waals surface area contributed by atoms with E-state index in [1.165, 1.54) is 0 Å². The number of aliphatic hydroxyl groups is 1. The summed E-state index contributed by atoms with van der Waals surface area (Å²) in [6.45, 7) is 7.03. The Balaban J connectivity index is 1.19. The summed E-state index contributed by atoms with van der Waals surface area (Å²) >= 11 is 0. The highest BCUT2D eigenvalue weighted by Crippen LogP contribution is 2.68. The maximum atomic E-state index is 12.7. The van der Waals surface area contributed by atoms with Crippen molar-refractivity contribution in [1.29, 1.82) is 0 Å². The lowest BCUT2D eigenvalue weighted by atomic mass is 9.43. The highest BCUT2D eigenvalue weighted by molar-refractivity contribution is 7.85. The SMILES string of the molecule is C[C@H](CCC(=O)NCCS(=O)(=O)O)[C@H]1CC[C@H]2[C@@H]3[C@@H](O)CC4C[C@@H](OC(=O)c5ccccc5)CC[C@]4(C)[C@H]3CC[C@]12C. The van der Waals surface area contributed by atoms with Crippen molar-refractivity contribution in [2.24, 2.45) is 46.3 Å². The molecule has 0 bridgehead atoms. The van der Waals surface area contributed by atoms with Crippen LogP contribution in [0.15, 0.2) is 30.3 Å². The highest BCUT2D eigenvalue weighted by atomic mass is 32.2. The molecule has 8 nitrogen and oxygen atoms in total. The molecule has 1 aromatic rings. The van der Waals surface area contributed by atoms with Crippen molar-refractivity contribution in [3.8, 4) is 0 Å². The van der Waals surface area contributed by atoms with E-state index in [1.807, 2.05) is 18.2 Å². The monoisotopic (exact) mass is 603 g/mol. The highest BCUT2D eigenvalue weighted by Gasteiger charge is 2.63. The second-order valence-electron chi connectivity index (χ2n) is 14.3. The zero-order valence-corrected chi connectivity index (χ0v) is 26.2. The Kier molecular flexibility index (Phi) is 9.13. The van der Waals surface area contributed by atoms with Crippen LogP contribution < -0.4 is 5.32 Å². The fourth-order valence-corrected chi connectivity index (χ4v) is 10.4. The van der Waals surface area contributed by atoms with Gasteiger partial charge in [0.25, 0.3) is 10.1 Å². The van der Waals surface area contributed by atoms with Crippen molar-refractivity contribution in [3.05, 3.63) is 35.9 Å². The molecule has 1 aromatic carbocycles. The third-order valence-corrected chi connectivity index (χ3v) is 12.9. The molecule has 1 amide bonds. The number of benzene rings is 1. The van der Waals surface area contributed by atoms with Crippen LogP contribution in [0.3, 0.4) is 0 Å². The first kappa shape index (κ1) is 31.5. The van der Waals surface area contributed by atoms with Crippen LogP contribution in [-0.4, -0.2) is 54.5 Å². The van der Waals surface area contributed by atoms with E-state index in [0.29, 0.717) is 41.6 Å². The predicted molar refractivity (Wildman–Crippen MR) is 160 cm³/mol. The summed E-state index contributed by atoms with van der Waals surface area (Å²) in [7, 11) is -4.09. The van der Waals surface area contributed by atoms with Crippen molar-refractivity contribution >= 4 is 22.0 Å². The van der Waals surface area contributed by atoms with Crippen molar-refractivity contribution in [2.45, 2.75) is 97.2 Å². The molecule has 0 spiro atoms. The van der Waals surface area contributed by atoms with Crippen LogP contribution >= 0.6 is 0 Å². The number of fused-ring (bicyclic) bond motifs is 5. The van der Waals surface area contributed by atoms with Gasteiger partial charge in [0.15, 0.2) is 0 Å². The van der Waals surface area contributed by atoms with Crippen LogP contribution in [0.5, 0.6) is 0 Å². The minimum atomic E-state index is -4.09. The Hall–Kier alpha value is -1.97. The Bertz CT molecular complexity index is 1240. The summed E-state index contributed by atoms with van der Waals surface area (Å²) in [5.41, 5.74) is 0.864. The molecule has 0 aromatic heterocycles. The van der Waals surface area contributed by atoms with Gasteiger partial charge in [-0.3, -0.25) is 9.35 Å². The van der Waals surface area contributed by atoms with E-state index in [1.54, 1.807) is 12.1 Å². The average Bonchev–Trinajstić information content (AvgIpc) is 3.29. The predicted octanol–water partition coefficient (Wildman–Crippen LogP) is 5.26. The van der Waals surface area contributed by atoms with E-state index in [9.17, 15) is 23.1 Å². The quantitative estimate of drug-likeness (QED) is 0.259. The molecule has 3 N–H and O–H groups in total. The van der Waals surface area contributed by atoms with Crippen LogP contribution in [0, 0.1) is 46.3 Å². The second kappa shape index (κ2) is 12.2. The van der Waals surface area contributed by atoms with E-state index in [4.69, 9.17) is 9.29 Å². The van der Waals surface area contributed by atoms with Gasteiger partial charge in [0.05, 0.1) is 17.4 Å². The molecule has 10 atom stereocenters. The fourth-order valence-electron chi connectivity index (χ4n) is 10.0. The topological polar surface area (TPSA) is 130 Å². The lowest BCUT2D eigenvalue weighted by Gasteiger charge is -2.62. The maximum Gasteiger partial charge on any atom is 0.338 e. The number of carbonyl (C=O) groups excluding carboxylic acids is 2. The number of rotatable bonds is 9. The minimum absolute atomic E-state index is 0.0772. The number of esters is 1. The van der Waals surface area contributed by atoms with Crippen LogP contribution in [-0.2, 0) is 19.6 Å². The fraction of sp³-hybridized carbons (Fsp3) is 0.758. The molecule has 1 unspecified atom stereocenters. The molecule has 4 aliphatic rings. The second-order valence-corrected chi connectivity index (χ2v) is 15.9. The number of carbonyl (C=O) groups is 2. The Morgan fingerprint density at radius 1 is 1.02 bits per heavy atom.